The maximum Gasteiger partial charge on any atom is 0.319 e. The lowest BCUT2D eigenvalue weighted by atomic mass is 9.69. The van der Waals surface area contributed by atoms with E-state index in [4.69, 9.17) is 9.05 Å². The quantitative estimate of drug-likeness (QED) is 0.117. The molecule has 0 bridgehead atoms. The summed E-state index contributed by atoms with van der Waals surface area (Å²) in [5, 5.41) is 0. The zero-order chi connectivity index (χ0) is 26.7. The predicted octanol–water partition coefficient (Wildman–Crippen LogP) is 11.1. The van der Waals surface area contributed by atoms with Gasteiger partial charge in [0.15, 0.2) is 0 Å². The highest BCUT2D eigenvalue weighted by molar-refractivity contribution is 9.10. The van der Waals surface area contributed by atoms with E-state index in [1.807, 2.05) is 0 Å². The van der Waals surface area contributed by atoms with Crippen LogP contribution in [0.3, 0.4) is 0 Å². The molecule has 0 atom stereocenters. The first-order valence-electron chi connectivity index (χ1n) is 16.0. The molecule has 4 rings (SSSR count). The molecule has 0 spiro atoms. The molecule has 0 radical (unpaired) electrons. The van der Waals surface area contributed by atoms with Crippen molar-refractivity contribution in [1.82, 2.24) is 0 Å². The highest BCUT2D eigenvalue weighted by Crippen LogP contribution is 2.50. The molecule has 3 nitrogen and oxygen atoms in total. The van der Waals surface area contributed by atoms with Crippen LogP contribution in [-0.4, -0.2) is 21.9 Å². The maximum absolute atomic E-state index is 12.5. The maximum atomic E-state index is 12.5. The second-order valence-corrected chi connectivity index (χ2v) is 16.5. The van der Waals surface area contributed by atoms with E-state index >= 15 is 0 Å². The largest absolute Gasteiger partial charge is 0.319 e. The van der Waals surface area contributed by atoms with Crippen LogP contribution < -0.4 is 0 Å². The Labute approximate surface area is 250 Å². The van der Waals surface area contributed by atoms with Gasteiger partial charge in [0.1, 0.15) is 0 Å². The van der Waals surface area contributed by atoms with Gasteiger partial charge in [-0.25, -0.2) is 0 Å². The van der Waals surface area contributed by atoms with Gasteiger partial charge in [-0.2, -0.15) is 0 Å². The first-order valence-corrected chi connectivity index (χ1v) is 18.9. The van der Waals surface area contributed by atoms with E-state index in [9.17, 15) is 4.57 Å². The second-order valence-electron chi connectivity index (χ2n) is 12.7. The standard InChI is InChI=1S/C32H53Br2O3P/c33-31(27-15-5-1-6-16-27,28-17-7-2-8-18-28)23-13-25-36-38(35)37-26-14-24-32(34,29-19-9-3-10-20-29)30-21-11-4-12-22-30/h13-14,23-24,27-30,38H,1-12,15-22,25-26H2. The van der Waals surface area contributed by atoms with Crippen LogP contribution in [0.15, 0.2) is 24.3 Å². The molecule has 0 unspecified atom stereocenters. The molecule has 0 aliphatic heterocycles. The van der Waals surface area contributed by atoms with Crippen LogP contribution in [0.4, 0.5) is 0 Å². The normalized spacial score (nSPS) is 25.4. The Bertz CT molecular complexity index is 663. The Morgan fingerprint density at radius 3 is 1.05 bits per heavy atom. The fourth-order valence-corrected chi connectivity index (χ4v) is 10.9. The molecule has 0 aromatic rings. The molecule has 0 aromatic carbocycles. The lowest BCUT2D eigenvalue weighted by molar-refractivity contribution is 0.211. The van der Waals surface area contributed by atoms with Crippen molar-refractivity contribution in [2.24, 2.45) is 23.7 Å². The summed E-state index contributed by atoms with van der Waals surface area (Å²) in [4.78, 5) is 0. The van der Waals surface area contributed by atoms with Crippen LogP contribution in [0, 0.1) is 23.7 Å². The second kappa shape index (κ2) is 16.3. The Morgan fingerprint density at radius 2 is 0.789 bits per heavy atom. The molecule has 0 saturated heterocycles. The first kappa shape index (κ1) is 31.5. The van der Waals surface area contributed by atoms with Gasteiger partial charge in [0.05, 0.1) is 13.2 Å². The third-order valence-corrected chi connectivity index (χ3v) is 14.2. The van der Waals surface area contributed by atoms with E-state index in [0.717, 1.165) is 0 Å². The monoisotopic (exact) mass is 674 g/mol. The summed E-state index contributed by atoms with van der Waals surface area (Å²) < 4.78 is 24.0. The molecule has 0 aromatic heterocycles. The highest BCUT2D eigenvalue weighted by atomic mass is 79.9. The van der Waals surface area contributed by atoms with Gasteiger partial charge >= 0.3 is 8.25 Å². The minimum atomic E-state index is -2.50. The zero-order valence-corrected chi connectivity index (χ0v) is 27.8. The van der Waals surface area contributed by atoms with Crippen molar-refractivity contribution in [3.8, 4) is 0 Å². The number of rotatable bonds is 12. The molecule has 4 aliphatic carbocycles. The third-order valence-electron chi connectivity index (χ3n) is 10.3. The molecular weight excluding hydrogens is 623 g/mol. The van der Waals surface area contributed by atoms with Crippen molar-refractivity contribution in [2.45, 2.75) is 137 Å². The molecule has 0 amide bonds. The summed E-state index contributed by atoms with van der Waals surface area (Å²) >= 11 is 8.51. The highest BCUT2D eigenvalue weighted by Gasteiger charge is 2.42. The van der Waals surface area contributed by atoms with Gasteiger partial charge in [0, 0.05) is 8.65 Å². The van der Waals surface area contributed by atoms with Crippen molar-refractivity contribution in [3.63, 3.8) is 0 Å². The van der Waals surface area contributed by atoms with Crippen molar-refractivity contribution in [1.29, 1.82) is 0 Å². The van der Waals surface area contributed by atoms with E-state index in [-0.39, 0.29) is 8.65 Å². The van der Waals surface area contributed by atoms with Crippen molar-refractivity contribution in [3.05, 3.63) is 24.3 Å². The first-order chi connectivity index (χ1) is 18.5. The summed E-state index contributed by atoms with van der Waals surface area (Å²) in [6, 6.07) is 0. The molecule has 4 aliphatic rings. The van der Waals surface area contributed by atoms with Crippen molar-refractivity contribution >= 4 is 40.1 Å². The number of hydrogen-bond donors (Lipinski definition) is 0. The van der Waals surface area contributed by atoms with Crippen molar-refractivity contribution in [2.75, 3.05) is 13.2 Å². The van der Waals surface area contributed by atoms with Crippen LogP contribution in [-0.2, 0) is 13.6 Å². The molecule has 6 heteroatoms. The molecule has 218 valence electrons. The van der Waals surface area contributed by atoms with Crippen LogP contribution in [0.25, 0.3) is 0 Å². The molecule has 0 N–H and O–H groups in total. The van der Waals surface area contributed by atoms with Gasteiger partial charge in [0.2, 0.25) is 0 Å². The van der Waals surface area contributed by atoms with Gasteiger partial charge in [-0.1, -0.05) is 133 Å². The molecule has 0 heterocycles. The van der Waals surface area contributed by atoms with Gasteiger partial charge in [0.25, 0.3) is 0 Å². The van der Waals surface area contributed by atoms with E-state index < -0.39 is 8.25 Å². The minimum Gasteiger partial charge on any atom is -0.306 e. The number of halogens is 2. The van der Waals surface area contributed by atoms with Crippen LogP contribution in [0.2, 0.25) is 0 Å². The number of alkyl halides is 2. The average Bonchev–Trinajstić information content (AvgIpc) is 2.99. The van der Waals surface area contributed by atoms with Gasteiger partial charge in [-0.3, -0.25) is 4.57 Å². The predicted molar refractivity (Wildman–Crippen MR) is 169 cm³/mol. The SMILES string of the molecule is O=[PH](OCC=CC(Br)(C1CCCCC1)C1CCCCC1)OCC=CC(Br)(C1CCCCC1)C1CCCCC1. The third kappa shape index (κ3) is 8.80. The smallest absolute Gasteiger partial charge is 0.306 e. The summed E-state index contributed by atoms with van der Waals surface area (Å²) in [5.74, 6) is 2.80. The van der Waals surface area contributed by atoms with E-state index in [2.05, 4.69) is 56.2 Å². The molecular formula is C32H53Br2O3P. The fourth-order valence-electron chi connectivity index (χ4n) is 8.12. The van der Waals surface area contributed by atoms with Crippen LogP contribution in [0.1, 0.15) is 128 Å². The molecule has 38 heavy (non-hydrogen) atoms. The minimum absolute atomic E-state index is 0.0635. The lowest BCUT2D eigenvalue weighted by Gasteiger charge is -2.43. The number of hydrogen-bond acceptors (Lipinski definition) is 3. The zero-order valence-electron chi connectivity index (χ0n) is 23.7. The number of allylic oxidation sites excluding steroid dienone is 2. The molecule has 4 fully saturated rings. The molecule has 4 saturated carbocycles. The van der Waals surface area contributed by atoms with Gasteiger partial charge in [-0.15, -0.1) is 0 Å². The van der Waals surface area contributed by atoms with E-state index in [1.165, 1.54) is 128 Å². The van der Waals surface area contributed by atoms with E-state index in [0.29, 0.717) is 36.9 Å². The fraction of sp³-hybridized carbons (Fsp3) is 0.875. The summed E-state index contributed by atoms with van der Waals surface area (Å²) in [6.07, 6.45) is 35.8. The van der Waals surface area contributed by atoms with Crippen LogP contribution >= 0.6 is 40.1 Å². The Balaban J connectivity index is 1.26. The van der Waals surface area contributed by atoms with E-state index in [1.54, 1.807) is 0 Å². The summed E-state index contributed by atoms with van der Waals surface area (Å²) in [6.45, 7) is 0.724. The Hall–Kier alpha value is 0.590. The summed E-state index contributed by atoms with van der Waals surface area (Å²) in [7, 11) is -2.50. The van der Waals surface area contributed by atoms with Crippen molar-refractivity contribution < 1.29 is 13.6 Å². The topological polar surface area (TPSA) is 35.5 Å². The average molecular weight is 677 g/mol. The summed E-state index contributed by atoms with van der Waals surface area (Å²) in [5.41, 5.74) is 0. The van der Waals surface area contributed by atoms with Crippen LogP contribution in [0.5, 0.6) is 0 Å². The Morgan fingerprint density at radius 1 is 0.526 bits per heavy atom. The van der Waals surface area contributed by atoms with Gasteiger partial charge < -0.3 is 9.05 Å². The Kier molecular flexibility index (Phi) is 13.5. The lowest BCUT2D eigenvalue weighted by Crippen LogP contribution is -2.40. The van der Waals surface area contributed by atoms with Gasteiger partial charge in [-0.05, 0) is 75.0 Å².